The van der Waals surface area contributed by atoms with E-state index in [-0.39, 0.29) is 12.4 Å². The molecule has 74 valence electrons. The largest absolute Gasteiger partial charge is 0.461 e. The van der Waals surface area contributed by atoms with Gasteiger partial charge in [-0.25, -0.2) is 0 Å². The van der Waals surface area contributed by atoms with Crippen LogP contribution in [0.15, 0.2) is 36.9 Å². The number of esters is 1. The Balaban J connectivity index is 2.41. The van der Waals surface area contributed by atoms with Gasteiger partial charge in [0.15, 0.2) is 0 Å². The van der Waals surface area contributed by atoms with Gasteiger partial charge in [-0.05, 0) is 12.5 Å². The molecule has 0 atom stereocenters. The Kier molecular flexibility index (Phi) is 3.92. The number of carbonyl (C=O) groups is 1. The fourth-order valence-electron chi connectivity index (χ4n) is 1.02. The predicted molar refractivity (Wildman–Crippen MR) is 55.8 cm³/mol. The van der Waals surface area contributed by atoms with Gasteiger partial charge in [-0.1, -0.05) is 35.9 Å². The summed E-state index contributed by atoms with van der Waals surface area (Å²) in [5.41, 5.74) is 2.21. The van der Waals surface area contributed by atoms with Gasteiger partial charge < -0.3 is 4.74 Å². The molecule has 0 radical (unpaired) electrons. The van der Waals surface area contributed by atoms with Crippen molar-refractivity contribution in [3.8, 4) is 0 Å². The lowest BCUT2D eigenvalue weighted by molar-refractivity contribution is -0.143. The van der Waals surface area contributed by atoms with Crippen LogP contribution in [0, 0.1) is 6.92 Å². The number of aryl methyl sites for hydroxylation is 1. The molecule has 0 heterocycles. The topological polar surface area (TPSA) is 26.3 Å². The molecule has 0 spiro atoms. The number of rotatable bonds is 4. The molecule has 0 saturated carbocycles. The van der Waals surface area contributed by atoms with Crippen molar-refractivity contribution in [1.82, 2.24) is 0 Å². The van der Waals surface area contributed by atoms with Gasteiger partial charge >= 0.3 is 5.97 Å². The van der Waals surface area contributed by atoms with E-state index in [1.165, 1.54) is 11.6 Å². The first-order valence-corrected chi connectivity index (χ1v) is 4.54. The molecular formula is C12H14O2. The van der Waals surface area contributed by atoms with Crippen molar-refractivity contribution < 1.29 is 9.53 Å². The summed E-state index contributed by atoms with van der Waals surface area (Å²) in [5, 5.41) is 0. The van der Waals surface area contributed by atoms with Gasteiger partial charge in [0.05, 0.1) is 6.42 Å². The van der Waals surface area contributed by atoms with Crippen molar-refractivity contribution in [2.75, 3.05) is 0 Å². The second-order valence-corrected chi connectivity index (χ2v) is 3.14. The molecule has 1 rings (SSSR count). The van der Waals surface area contributed by atoms with Crippen LogP contribution in [0.25, 0.3) is 0 Å². The summed E-state index contributed by atoms with van der Waals surface area (Å²) in [5.74, 6) is -0.236. The van der Waals surface area contributed by atoms with Gasteiger partial charge in [-0.3, -0.25) is 4.79 Å². The zero-order chi connectivity index (χ0) is 10.4. The first-order valence-electron chi connectivity index (χ1n) is 4.54. The summed E-state index contributed by atoms with van der Waals surface area (Å²) < 4.78 is 5.00. The van der Waals surface area contributed by atoms with E-state index in [1.54, 1.807) is 0 Å². The van der Waals surface area contributed by atoms with Crippen molar-refractivity contribution in [2.45, 2.75) is 20.0 Å². The second kappa shape index (κ2) is 5.22. The lowest BCUT2D eigenvalue weighted by atomic mass is 10.2. The second-order valence-electron chi connectivity index (χ2n) is 3.14. The maximum atomic E-state index is 11.0. The van der Waals surface area contributed by atoms with Crippen molar-refractivity contribution in [1.29, 1.82) is 0 Å². The molecule has 0 unspecified atom stereocenters. The molecule has 0 aromatic heterocycles. The number of carbonyl (C=O) groups excluding carboxylic acids is 1. The van der Waals surface area contributed by atoms with E-state index < -0.39 is 0 Å². The van der Waals surface area contributed by atoms with E-state index in [2.05, 4.69) is 6.58 Å². The molecule has 0 fully saturated rings. The predicted octanol–water partition coefficient (Wildman–Crippen LogP) is 2.61. The van der Waals surface area contributed by atoms with Gasteiger partial charge in [0, 0.05) is 0 Å². The third-order valence-electron chi connectivity index (χ3n) is 1.83. The highest BCUT2D eigenvalue weighted by Gasteiger charge is 1.99. The standard InChI is InChI=1S/C12H14O2/c1-3-4-12(13)14-9-11-7-5-10(2)6-8-11/h3,5-8H,1,4,9H2,2H3. The SMILES string of the molecule is C=CCC(=O)OCc1ccc(C)cc1. The summed E-state index contributed by atoms with van der Waals surface area (Å²) in [4.78, 5) is 11.0. The molecule has 0 aliphatic rings. The molecule has 0 N–H and O–H groups in total. The van der Waals surface area contributed by atoms with Crippen LogP contribution < -0.4 is 0 Å². The smallest absolute Gasteiger partial charge is 0.309 e. The Hall–Kier alpha value is -1.57. The normalized spacial score (nSPS) is 9.50. The maximum absolute atomic E-state index is 11.0. The quantitative estimate of drug-likeness (QED) is 0.539. The molecule has 14 heavy (non-hydrogen) atoms. The molecule has 2 heteroatoms. The Bertz CT molecular complexity index is 312. The molecule has 0 amide bonds. The van der Waals surface area contributed by atoms with E-state index in [0.29, 0.717) is 6.61 Å². The lowest BCUT2D eigenvalue weighted by Gasteiger charge is -2.03. The molecular weight excluding hydrogens is 176 g/mol. The van der Waals surface area contributed by atoms with E-state index in [0.717, 1.165) is 5.56 Å². The van der Waals surface area contributed by atoms with Crippen LogP contribution >= 0.6 is 0 Å². The van der Waals surface area contributed by atoms with Gasteiger partial charge in [0.25, 0.3) is 0 Å². The van der Waals surface area contributed by atoms with Crippen molar-refractivity contribution in [3.05, 3.63) is 48.0 Å². The highest BCUT2D eigenvalue weighted by atomic mass is 16.5. The minimum absolute atomic E-state index is 0.236. The number of benzene rings is 1. The minimum atomic E-state index is -0.236. The fourth-order valence-corrected chi connectivity index (χ4v) is 1.02. The molecule has 0 aliphatic heterocycles. The van der Waals surface area contributed by atoms with Gasteiger partial charge in [-0.2, -0.15) is 0 Å². The highest BCUT2D eigenvalue weighted by Crippen LogP contribution is 2.05. The summed E-state index contributed by atoms with van der Waals surface area (Å²) >= 11 is 0. The average molecular weight is 190 g/mol. The summed E-state index contributed by atoms with van der Waals surface area (Å²) in [6, 6.07) is 7.90. The molecule has 1 aromatic carbocycles. The van der Waals surface area contributed by atoms with E-state index in [1.807, 2.05) is 31.2 Å². The van der Waals surface area contributed by atoms with Gasteiger partial charge in [0.2, 0.25) is 0 Å². The van der Waals surface area contributed by atoms with E-state index in [9.17, 15) is 4.79 Å². The van der Waals surface area contributed by atoms with Crippen LogP contribution in [-0.2, 0) is 16.1 Å². The number of hydrogen-bond donors (Lipinski definition) is 0. The van der Waals surface area contributed by atoms with Crippen LogP contribution in [0.3, 0.4) is 0 Å². The molecule has 2 nitrogen and oxygen atoms in total. The van der Waals surface area contributed by atoms with E-state index in [4.69, 9.17) is 4.74 Å². The summed E-state index contributed by atoms with van der Waals surface area (Å²) in [6.45, 7) is 5.83. The Labute approximate surface area is 84.2 Å². The maximum Gasteiger partial charge on any atom is 0.309 e. The fraction of sp³-hybridized carbons (Fsp3) is 0.250. The van der Waals surface area contributed by atoms with E-state index >= 15 is 0 Å². The molecule has 0 saturated heterocycles. The third kappa shape index (κ3) is 3.44. The van der Waals surface area contributed by atoms with Crippen LogP contribution in [0.4, 0.5) is 0 Å². The van der Waals surface area contributed by atoms with Crippen LogP contribution in [0.2, 0.25) is 0 Å². The van der Waals surface area contributed by atoms with Crippen molar-refractivity contribution >= 4 is 5.97 Å². The monoisotopic (exact) mass is 190 g/mol. The highest BCUT2D eigenvalue weighted by molar-refractivity contribution is 5.70. The molecule has 1 aromatic rings. The van der Waals surface area contributed by atoms with Crippen molar-refractivity contribution in [3.63, 3.8) is 0 Å². The lowest BCUT2D eigenvalue weighted by Crippen LogP contribution is -2.02. The third-order valence-corrected chi connectivity index (χ3v) is 1.83. The molecule has 0 aliphatic carbocycles. The van der Waals surface area contributed by atoms with Crippen LogP contribution in [0.5, 0.6) is 0 Å². The molecule has 0 bridgehead atoms. The Morgan fingerprint density at radius 2 is 2.07 bits per heavy atom. The Morgan fingerprint density at radius 3 is 2.64 bits per heavy atom. The van der Waals surface area contributed by atoms with Crippen LogP contribution in [-0.4, -0.2) is 5.97 Å². The first-order chi connectivity index (χ1) is 6.72. The zero-order valence-electron chi connectivity index (χ0n) is 8.32. The first kappa shape index (κ1) is 10.5. The van der Waals surface area contributed by atoms with Gasteiger partial charge in [-0.15, -0.1) is 6.58 Å². The summed E-state index contributed by atoms with van der Waals surface area (Å²) in [6.07, 6.45) is 1.81. The zero-order valence-corrected chi connectivity index (χ0v) is 8.32. The summed E-state index contributed by atoms with van der Waals surface area (Å²) in [7, 11) is 0. The number of ether oxygens (including phenoxy) is 1. The average Bonchev–Trinajstić information content (AvgIpc) is 2.17. The van der Waals surface area contributed by atoms with Gasteiger partial charge in [0.1, 0.15) is 6.61 Å². The van der Waals surface area contributed by atoms with Crippen molar-refractivity contribution in [2.24, 2.45) is 0 Å². The minimum Gasteiger partial charge on any atom is -0.461 e. The number of hydrogen-bond acceptors (Lipinski definition) is 2. The Morgan fingerprint density at radius 1 is 1.43 bits per heavy atom. The van der Waals surface area contributed by atoms with Crippen LogP contribution in [0.1, 0.15) is 17.5 Å².